The Kier molecular flexibility index (Phi) is 3.95. The van der Waals surface area contributed by atoms with Crippen LogP contribution in [0.4, 0.5) is 11.4 Å². The second kappa shape index (κ2) is 5.66. The Balaban J connectivity index is 2.23. The molecule has 0 aliphatic rings. The molecule has 0 saturated carbocycles. The van der Waals surface area contributed by atoms with Crippen LogP contribution in [0.25, 0.3) is 0 Å². The molecular weight excluding hydrogens is 282 g/mol. The molecule has 0 aliphatic carbocycles. The number of halogens is 1. The van der Waals surface area contributed by atoms with Crippen molar-refractivity contribution in [2.45, 2.75) is 6.92 Å². The first-order chi connectivity index (χ1) is 9.47. The van der Waals surface area contributed by atoms with Gasteiger partial charge in [0.15, 0.2) is 0 Å². The first-order valence-corrected chi connectivity index (χ1v) is 6.02. The molecule has 1 N–H and O–H groups in total. The number of non-ortho nitro benzene ring substituents is 1. The fourth-order valence-corrected chi connectivity index (χ4v) is 1.88. The predicted molar refractivity (Wildman–Crippen MR) is 75.0 cm³/mol. The van der Waals surface area contributed by atoms with Crippen LogP contribution < -0.4 is 5.32 Å². The van der Waals surface area contributed by atoms with Gasteiger partial charge in [-0.1, -0.05) is 11.6 Å². The summed E-state index contributed by atoms with van der Waals surface area (Å²) in [6, 6.07) is 5.45. The monoisotopic (exact) mass is 291 g/mol. The van der Waals surface area contributed by atoms with Crippen molar-refractivity contribution in [1.82, 2.24) is 4.98 Å². The average Bonchev–Trinajstić information content (AvgIpc) is 2.38. The molecule has 0 atom stereocenters. The van der Waals surface area contributed by atoms with Crippen LogP contribution in [0.5, 0.6) is 0 Å². The number of nitrogens with zero attached hydrogens (tertiary/aromatic N) is 2. The van der Waals surface area contributed by atoms with Gasteiger partial charge in [0, 0.05) is 18.3 Å². The van der Waals surface area contributed by atoms with Crippen molar-refractivity contribution in [3.63, 3.8) is 0 Å². The van der Waals surface area contributed by atoms with E-state index in [-0.39, 0.29) is 16.3 Å². The van der Waals surface area contributed by atoms with Gasteiger partial charge in [-0.2, -0.15) is 0 Å². The van der Waals surface area contributed by atoms with Gasteiger partial charge in [-0.25, -0.2) is 0 Å². The summed E-state index contributed by atoms with van der Waals surface area (Å²) in [6.45, 7) is 1.85. The van der Waals surface area contributed by atoms with Crippen LogP contribution in [0, 0.1) is 17.0 Å². The van der Waals surface area contributed by atoms with Gasteiger partial charge in [-0.15, -0.1) is 0 Å². The maximum atomic E-state index is 12.0. The van der Waals surface area contributed by atoms with Gasteiger partial charge in [0.1, 0.15) is 0 Å². The van der Waals surface area contributed by atoms with Crippen molar-refractivity contribution in [2.75, 3.05) is 5.32 Å². The summed E-state index contributed by atoms with van der Waals surface area (Å²) in [6.07, 6.45) is 3.17. The van der Waals surface area contributed by atoms with Gasteiger partial charge in [-0.3, -0.25) is 19.9 Å². The van der Waals surface area contributed by atoms with Gasteiger partial charge in [-0.05, 0) is 24.6 Å². The maximum absolute atomic E-state index is 12.0. The molecule has 0 fully saturated rings. The van der Waals surface area contributed by atoms with Gasteiger partial charge >= 0.3 is 0 Å². The van der Waals surface area contributed by atoms with Crippen LogP contribution in [0.15, 0.2) is 36.7 Å². The molecule has 1 aromatic heterocycles. The highest BCUT2D eigenvalue weighted by molar-refractivity contribution is 6.34. The first-order valence-electron chi connectivity index (χ1n) is 5.64. The molecule has 0 spiro atoms. The van der Waals surface area contributed by atoms with Crippen LogP contribution >= 0.6 is 11.6 Å². The van der Waals surface area contributed by atoms with Crippen molar-refractivity contribution in [3.05, 3.63) is 62.9 Å². The van der Waals surface area contributed by atoms with Crippen LogP contribution in [-0.4, -0.2) is 15.8 Å². The number of hydrogen-bond donors (Lipinski definition) is 1. The zero-order chi connectivity index (χ0) is 14.7. The maximum Gasteiger partial charge on any atom is 0.270 e. The number of carbonyl (C=O) groups is 1. The molecule has 20 heavy (non-hydrogen) atoms. The number of pyridine rings is 1. The summed E-state index contributed by atoms with van der Waals surface area (Å²) >= 11 is 5.88. The lowest BCUT2D eigenvalue weighted by Gasteiger charge is -2.06. The van der Waals surface area contributed by atoms with Gasteiger partial charge < -0.3 is 5.32 Å². The number of nitro groups is 1. The van der Waals surface area contributed by atoms with E-state index in [0.29, 0.717) is 5.69 Å². The Morgan fingerprint density at radius 2 is 2.10 bits per heavy atom. The fraction of sp³-hybridized carbons (Fsp3) is 0.0769. The van der Waals surface area contributed by atoms with Crippen molar-refractivity contribution in [3.8, 4) is 0 Å². The summed E-state index contributed by atoms with van der Waals surface area (Å²) in [7, 11) is 0. The van der Waals surface area contributed by atoms with E-state index in [2.05, 4.69) is 10.3 Å². The second-order valence-corrected chi connectivity index (χ2v) is 4.53. The summed E-state index contributed by atoms with van der Waals surface area (Å²) in [5, 5.41) is 13.3. The molecule has 7 heteroatoms. The minimum atomic E-state index is -0.571. The van der Waals surface area contributed by atoms with Crippen molar-refractivity contribution in [2.24, 2.45) is 0 Å². The molecule has 102 valence electrons. The fourth-order valence-electron chi connectivity index (χ4n) is 1.62. The van der Waals surface area contributed by atoms with Crippen molar-refractivity contribution >= 4 is 28.9 Å². The largest absolute Gasteiger partial charge is 0.321 e. The van der Waals surface area contributed by atoms with E-state index in [9.17, 15) is 14.9 Å². The molecule has 1 aromatic carbocycles. The van der Waals surface area contributed by atoms with Crippen molar-refractivity contribution in [1.29, 1.82) is 0 Å². The third-order valence-corrected chi connectivity index (χ3v) is 2.85. The number of carbonyl (C=O) groups excluding carboxylic acids is 1. The molecule has 2 rings (SSSR count). The molecule has 1 amide bonds. The second-order valence-electron chi connectivity index (χ2n) is 4.13. The molecule has 2 aromatic rings. The van der Waals surface area contributed by atoms with Crippen LogP contribution in [0.1, 0.15) is 15.9 Å². The smallest absolute Gasteiger partial charge is 0.270 e. The normalized spacial score (nSPS) is 10.1. The number of anilines is 1. The lowest BCUT2D eigenvalue weighted by atomic mass is 10.2. The summed E-state index contributed by atoms with van der Waals surface area (Å²) in [5.74, 6) is -0.447. The summed E-state index contributed by atoms with van der Waals surface area (Å²) < 4.78 is 0. The third-order valence-electron chi connectivity index (χ3n) is 2.54. The third kappa shape index (κ3) is 3.10. The lowest BCUT2D eigenvalue weighted by molar-refractivity contribution is -0.384. The molecule has 0 bridgehead atoms. The number of nitro benzene ring substituents is 1. The molecule has 0 radical (unpaired) electrons. The lowest BCUT2D eigenvalue weighted by Crippen LogP contribution is -2.12. The van der Waals surface area contributed by atoms with E-state index >= 15 is 0 Å². The van der Waals surface area contributed by atoms with Crippen LogP contribution in [-0.2, 0) is 0 Å². The quantitative estimate of drug-likeness (QED) is 0.695. The minimum Gasteiger partial charge on any atom is -0.321 e. The number of hydrogen-bond acceptors (Lipinski definition) is 4. The number of nitrogens with one attached hydrogen (secondary N) is 1. The molecule has 0 aliphatic heterocycles. The number of amides is 1. The zero-order valence-electron chi connectivity index (χ0n) is 10.5. The molecule has 0 saturated heterocycles. The van der Waals surface area contributed by atoms with Crippen molar-refractivity contribution < 1.29 is 9.72 Å². The van der Waals surface area contributed by atoms with Crippen LogP contribution in [0.2, 0.25) is 5.02 Å². The van der Waals surface area contributed by atoms with E-state index in [1.807, 2.05) is 6.92 Å². The Morgan fingerprint density at radius 1 is 1.35 bits per heavy atom. The van der Waals surface area contributed by atoms with E-state index in [1.54, 1.807) is 12.3 Å². The zero-order valence-corrected chi connectivity index (χ0v) is 11.2. The highest BCUT2D eigenvalue weighted by atomic mass is 35.5. The number of aromatic nitrogens is 1. The molecule has 1 heterocycles. The van der Waals surface area contributed by atoms with E-state index in [1.165, 1.54) is 18.3 Å². The Morgan fingerprint density at radius 3 is 2.70 bits per heavy atom. The topological polar surface area (TPSA) is 85.1 Å². The average molecular weight is 292 g/mol. The molecular formula is C13H10ClN3O3. The van der Waals surface area contributed by atoms with E-state index in [4.69, 9.17) is 11.6 Å². The molecule has 0 unspecified atom stereocenters. The minimum absolute atomic E-state index is 0.0253. The number of rotatable bonds is 3. The van der Waals surface area contributed by atoms with E-state index in [0.717, 1.165) is 11.6 Å². The van der Waals surface area contributed by atoms with Crippen LogP contribution in [0.3, 0.4) is 0 Å². The predicted octanol–water partition coefficient (Wildman–Crippen LogP) is 3.20. The van der Waals surface area contributed by atoms with E-state index < -0.39 is 10.8 Å². The van der Waals surface area contributed by atoms with Gasteiger partial charge in [0.05, 0.1) is 27.4 Å². The Hall–Kier alpha value is -2.47. The number of aryl methyl sites for hydroxylation is 1. The van der Waals surface area contributed by atoms with Gasteiger partial charge in [0.25, 0.3) is 11.6 Å². The Labute approximate surface area is 119 Å². The number of benzene rings is 1. The first kappa shape index (κ1) is 14.0. The highest BCUT2D eigenvalue weighted by Gasteiger charge is 2.15. The SMILES string of the molecule is Cc1cncc(NC(=O)c2ccc([N+](=O)[O-])cc2Cl)c1. The summed E-state index contributed by atoms with van der Waals surface area (Å²) in [4.78, 5) is 26.0. The summed E-state index contributed by atoms with van der Waals surface area (Å²) in [5.41, 5.74) is 1.43. The highest BCUT2D eigenvalue weighted by Crippen LogP contribution is 2.23. The molecule has 6 nitrogen and oxygen atoms in total. The van der Waals surface area contributed by atoms with Gasteiger partial charge in [0.2, 0.25) is 0 Å². The Bertz CT molecular complexity index is 688. The standard InChI is InChI=1S/C13H10ClN3O3/c1-8-4-9(7-15-6-8)16-13(18)11-3-2-10(17(19)20)5-12(11)14/h2-7H,1H3,(H,16,18).